The molecule has 6 amide bonds. The molecule has 108 heavy (non-hydrogen) atoms. The number of carbonyl (C=O) groups excluding carboxylic acids is 6. The van der Waals surface area contributed by atoms with Gasteiger partial charge in [0.2, 0.25) is 5.91 Å². The number of carbonyl (C=O) groups is 6. The molecule has 1 aromatic carbocycles. The molecule has 0 aliphatic rings. The van der Waals surface area contributed by atoms with E-state index < -0.39 is 41.0 Å². The summed E-state index contributed by atoms with van der Waals surface area (Å²) in [6, 6.07) is 0. The molecule has 1 aromatic rings. The van der Waals surface area contributed by atoms with Gasteiger partial charge in [-0.2, -0.15) is 0 Å². The summed E-state index contributed by atoms with van der Waals surface area (Å²) in [5, 5.41) is 12.5. The first-order chi connectivity index (χ1) is 53.1. The van der Waals surface area contributed by atoms with Gasteiger partial charge in [0.25, 0.3) is 29.5 Å². The lowest BCUT2D eigenvalue weighted by Crippen LogP contribution is -2.43. The summed E-state index contributed by atoms with van der Waals surface area (Å²) in [5.74, 6) is -4.59. The third kappa shape index (κ3) is 56.3. The van der Waals surface area contributed by atoms with Crippen LogP contribution in [-0.4, -0.2) is 79.6 Å². The van der Waals surface area contributed by atoms with Crippen molar-refractivity contribution in [3.8, 4) is 0 Å². The second-order valence-corrected chi connectivity index (χ2v) is 33.3. The van der Waals surface area contributed by atoms with Crippen LogP contribution in [0.1, 0.15) is 566 Å². The zero-order chi connectivity index (χ0) is 78.5. The SMILES string of the molecule is CCCCCCCCCCCCCCNC(=O)c1c(C(N)=O)c(C(=O)N(CCCCCCCCCCCCCC)CCCCCCCCCCCCCC)c(C(=O)NCCCCCCCCCCCCCC)c(C(=O)NCCCCCCCCCCCCCC)c1C(=O)NCCCCCCCCCCCCCC. The Kier molecular flexibility index (Phi) is 74.0. The molecule has 12 heteroatoms. The van der Waals surface area contributed by atoms with E-state index in [1.165, 1.54) is 308 Å². The molecule has 1 rings (SSSR count). The number of nitrogens with one attached hydrogen (secondary N) is 4. The predicted octanol–water partition coefficient (Wildman–Crippen LogP) is 28.4. The summed E-state index contributed by atoms with van der Waals surface area (Å²) in [5.41, 5.74) is 4.46. The summed E-state index contributed by atoms with van der Waals surface area (Å²) < 4.78 is 0. The van der Waals surface area contributed by atoms with E-state index in [4.69, 9.17) is 5.73 Å². The molecule has 0 heterocycles. The van der Waals surface area contributed by atoms with E-state index in [9.17, 15) is 4.79 Å². The largest absolute Gasteiger partial charge is 0.366 e. The first kappa shape index (κ1) is 102. The van der Waals surface area contributed by atoms with E-state index in [0.717, 1.165) is 116 Å². The molecule has 12 nitrogen and oxygen atoms in total. The van der Waals surface area contributed by atoms with Crippen molar-refractivity contribution in [1.29, 1.82) is 0 Å². The van der Waals surface area contributed by atoms with Gasteiger partial charge in [-0.15, -0.1) is 0 Å². The van der Waals surface area contributed by atoms with Crippen molar-refractivity contribution in [2.24, 2.45) is 5.73 Å². The molecule has 630 valence electrons. The average molecular weight is 1510 g/mol. The minimum atomic E-state index is -1.09. The van der Waals surface area contributed by atoms with E-state index in [1.54, 1.807) is 4.90 Å². The Hall–Kier alpha value is -3.96. The maximum Gasteiger partial charge on any atom is 0.255 e. The van der Waals surface area contributed by atoms with Crippen LogP contribution in [0.3, 0.4) is 0 Å². The van der Waals surface area contributed by atoms with Gasteiger partial charge >= 0.3 is 0 Å². The fourth-order valence-corrected chi connectivity index (χ4v) is 15.9. The zero-order valence-corrected chi connectivity index (χ0v) is 72.6. The number of rotatable bonds is 84. The standard InChI is InChI=1S/C96H180N6O6/c1-7-13-19-25-31-37-43-49-55-61-67-73-79-98-92(104)86-85(91(97)103)90(96(108)102(83-77-71-65-59-53-47-41-35-29-23-17-11-5)84-78-72-66-60-54-48-42-36-30-24-18-12-6)89(95(107)101-82-76-70-64-58-52-46-40-34-28-22-16-10-4)88(94(106)100-81-75-69-63-57-51-45-39-33-27-21-15-9-3)87(86)93(105)99-80-74-68-62-56-50-44-38-32-26-20-14-8-2/h7-84H2,1-6H3,(H2,97,103)(H,98,104)(H,99,105)(H,100,106)(H,101,107). The van der Waals surface area contributed by atoms with Crippen LogP contribution in [0.5, 0.6) is 0 Å². The number of benzene rings is 1. The summed E-state index contributed by atoms with van der Waals surface area (Å²) in [4.78, 5) is 96.1. The maximum absolute atomic E-state index is 16.4. The number of nitrogens with zero attached hydrogens (tertiary/aromatic N) is 1. The lowest BCUT2D eigenvalue weighted by atomic mass is 9.83. The number of nitrogens with two attached hydrogens (primary N) is 1. The maximum atomic E-state index is 16.4. The Morgan fingerprint density at radius 1 is 0.194 bits per heavy atom. The molecule has 0 saturated heterocycles. The lowest BCUT2D eigenvalue weighted by Gasteiger charge is -2.28. The van der Waals surface area contributed by atoms with Gasteiger partial charge in [-0.3, -0.25) is 28.8 Å². The molecule has 0 aliphatic heterocycles. The summed E-state index contributed by atoms with van der Waals surface area (Å²) in [6.07, 6.45) is 83.2. The van der Waals surface area contributed by atoms with Crippen LogP contribution in [0, 0.1) is 0 Å². The first-order valence-electron chi connectivity index (χ1n) is 48.0. The lowest BCUT2D eigenvalue weighted by molar-refractivity contribution is 0.0736. The number of hydrogen-bond donors (Lipinski definition) is 5. The average Bonchev–Trinajstić information content (AvgIpc) is 0.730. The summed E-state index contributed by atoms with van der Waals surface area (Å²) >= 11 is 0. The Bertz CT molecular complexity index is 2240. The van der Waals surface area contributed by atoms with Gasteiger partial charge in [0.05, 0.1) is 33.4 Å². The van der Waals surface area contributed by atoms with Gasteiger partial charge in [-0.1, -0.05) is 465 Å². The molecular weight excluding hydrogens is 1330 g/mol. The minimum Gasteiger partial charge on any atom is -0.366 e. The second-order valence-electron chi connectivity index (χ2n) is 33.3. The van der Waals surface area contributed by atoms with Gasteiger partial charge in [0, 0.05) is 39.3 Å². The number of primary amides is 1. The molecule has 0 unspecified atom stereocenters. The Labute approximate surface area is 669 Å². The quantitative estimate of drug-likeness (QED) is 0.0405. The van der Waals surface area contributed by atoms with Crippen LogP contribution in [0.2, 0.25) is 0 Å². The highest BCUT2D eigenvalue weighted by Crippen LogP contribution is 2.33. The van der Waals surface area contributed by atoms with Gasteiger partial charge in [0.1, 0.15) is 0 Å². The van der Waals surface area contributed by atoms with E-state index in [2.05, 4.69) is 62.8 Å². The van der Waals surface area contributed by atoms with Crippen LogP contribution >= 0.6 is 0 Å². The van der Waals surface area contributed by atoms with Crippen molar-refractivity contribution < 1.29 is 28.8 Å². The minimum absolute atomic E-state index is 0.253. The molecule has 0 aromatic heterocycles. The van der Waals surface area contributed by atoms with E-state index in [1.807, 2.05) is 0 Å². The van der Waals surface area contributed by atoms with Gasteiger partial charge in [0.15, 0.2) is 0 Å². The molecular formula is C96H180N6O6. The number of hydrogen-bond acceptors (Lipinski definition) is 6. The highest BCUT2D eigenvalue weighted by Gasteiger charge is 2.41. The number of unbranched alkanes of at least 4 members (excludes halogenated alkanes) is 66. The third-order valence-corrected chi connectivity index (χ3v) is 23.0. The van der Waals surface area contributed by atoms with Crippen LogP contribution in [0.4, 0.5) is 0 Å². The molecule has 0 aliphatic carbocycles. The molecule has 0 fully saturated rings. The highest BCUT2D eigenvalue weighted by molar-refractivity contribution is 6.27. The topological polar surface area (TPSA) is 180 Å². The molecule has 0 atom stereocenters. The predicted molar refractivity (Wildman–Crippen MR) is 467 cm³/mol. The second kappa shape index (κ2) is 78.3. The zero-order valence-electron chi connectivity index (χ0n) is 72.6. The fourth-order valence-electron chi connectivity index (χ4n) is 15.9. The third-order valence-electron chi connectivity index (χ3n) is 23.0. The van der Waals surface area contributed by atoms with Crippen molar-refractivity contribution in [3.63, 3.8) is 0 Å². The normalized spacial score (nSPS) is 11.4. The van der Waals surface area contributed by atoms with E-state index in [0.29, 0.717) is 51.6 Å². The summed E-state index contributed by atoms with van der Waals surface area (Å²) in [7, 11) is 0. The van der Waals surface area contributed by atoms with Crippen molar-refractivity contribution in [2.75, 3.05) is 39.3 Å². The molecule has 0 spiro atoms. The van der Waals surface area contributed by atoms with Gasteiger partial charge in [-0.05, 0) is 38.5 Å². The first-order valence-corrected chi connectivity index (χ1v) is 48.0. The van der Waals surface area contributed by atoms with Crippen LogP contribution in [0.25, 0.3) is 0 Å². The summed E-state index contributed by atoms with van der Waals surface area (Å²) in [6.45, 7) is 15.3. The van der Waals surface area contributed by atoms with E-state index in [-0.39, 0.29) is 54.0 Å². The van der Waals surface area contributed by atoms with E-state index >= 15 is 24.0 Å². The Balaban J connectivity index is 4.15. The van der Waals surface area contributed by atoms with Crippen molar-refractivity contribution >= 4 is 35.4 Å². The smallest absolute Gasteiger partial charge is 0.255 e. The Morgan fingerprint density at radius 3 is 0.500 bits per heavy atom. The van der Waals surface area contributed by atoms with Crippen molar-refractivity contribution in [1.82, 2.24) is 26.2 Å². The fraction of sp³-hybridized carbons (Fsp3) is 0.875. The highest BCUT2D eigenvalue weighted by atomic mass is 16.2. The van der Waals surface area contributed by atoms with Gasteiger partial charge < -0.3 is 31.9 Å². The van der Waals surface area contributed by atoms with Crippen molar-refractivity contribution in [2.45, 2.75) is 504 Å². The molecule has 0 saturated carbocycles. The monoisotopic (exact) mass is 1510 g/mol. The van der Waals surface area contributed by atoms with Crippen LogP contribution in [0.15, 0.2) is 0 Å². The van der Waals surface area contributed by atoms with Crippen LogP contribution in [-0.2, 0) is 0 Å². The number of amides is 6. The molecule has 0 bridgehead atoms. The van der Waals surface area contributed by atoms with Crippen molar-refractivity contribution in [3.05, 3.63) is 33.4 Å². The molecule has 0 radical (unpaired) electrons. The van der Waals surface area contributed by atoms with Gasteiger partial charge in [-0.25, -0.2) is 0 Å². The van der Waals surface area contributed by atoms with Crippen LogP contribution < -0.4 is 27.0 Å². The molecule has 6 N–H and O–H groups in total. The Morgan fingerprint density at radius 2 is 0.333 bits per heavy atom.